The third-order valence-corrected chi connectivity index (χ3v) is 1.46. The summed E-state index contributed by atoms with van der Waals surface area (Å²) in [7, 11) is 0. The van der Waals surface area contributed by atoms with Crippen molar-refractivity contribution in [3.63, 3.8) is 0 Å². The number of rotatable bonds is 0. The third-order valence-electron chi connectivity index (χ3n) is 1.46. The van der Waals surface area contributed by atoms with Crippen LogP contribution in [0.3, 0.4) is 0 Å². The molecule has 0 fully saturated rings. The number of hydrogen-bond acceptors (Lipinski definition) is 0. The van der Waals surface area contributed by atoms with E-state index < -0.39 is 0 Å². The van der Waals surface area contributed by atoms with Gasteiger partial charge in [0.05, 0.1) is 0 Å². The molecule has 1 aromatic heterocycles. The molecule has 0 saturated carbocycles. The summed E-state index contributed by atoms with van der Waals surface area (Å²) in [6.07, 6.45) is 1.95. The van der Waals surface area contributed by atoms with Crippen molar-refractivity contribution >= 4 is 10.9 Å². The van der Waals surface area contributed by atoms with E-state index in [4.69, 9.17) is 0 Å². The van der Waals surface area contributed by atoms with Gasteiger partial charge in [-0.2, -0.15) is 0 Å². The highest BCUT2D eigenvalue weighted by Gasteiger charge is 1.86. The largest absolute Gasteiger partial charge is 0.361 e. The summed E-state index contributed by atoms with van der Waals surface area (Å²) in [4.78, 5) is 3.12. The van der Waals surface area contributed by atoms with Crippen LogP contribution >= 0.6 is 0 Å². The summed E-state index contributed by atoms with van der Waals surface area (Å²) in [5.74, 6) is 1.67. The Labute approximate surface area is 106 Å². The van der Waals surface area contributed by atoms with E-state index in [0.717, 1.165) is 11.8 Å². The molecule has 0 amide bonds. The predicted octanol–water partition coefficient (Wildman–Crippen LogP) is 5.49. The Bertz CT molecular complexity index is 343. The second kappa shape index (κ2) is 8.86. The second-order valence-corrected chi connectivity index (χ2v) is 5.53. The van der Waals surface area contributed by atoms with E-state index in [9.17, 15) is 0 Å². The van der Waals surface area contributed by atoms with Gasteiger partial charge in [-0.1, -0.05) is 59.7 Å². The van der Waals surface area contributed by atoms with Crippen LogP contribution in [0.4, 0.5) is 0 Å². The molecule has 0 radical (unpaired) electrons. The summed E-state index contributed by atoms with van der Waals surface area (Å²) >= 11 is 0. The average molecular weight is 233 g/mol. The summed E-state index contributed by atoms with van der Waals surface area (Å²) in [5.41, 5.74) is 1.21. The van der Waals surface area contributed by atoms with Crippen molar-refractivity contribution < 1.29 is 0 Å². The van der Waals surface area contributed by atoms with Gasteiger partial charge in [0.1, 0.15) is 0 Å². The monoisotopic (exact) mass is 233 g/mol. The number of H-pyrrole nitrogens is 1. The zero-order valence-corrected chi connectivity index (χ0v) is 12.1. The number of para-hydroxylation sites is 1. The topological polar surface area (TPSA) is 15.8 Å². The van der Waals surface area contributed by atoms with Crippen molar-refractivity contribution in [1.29, 1.82) is 0 Å². The second-order valence-electron chi connectivity index (χ2n) is 5.53. The number of nitrogens with one attached hydrogen (secondary N) is 1. The smallest absolute Gasteiger partial charge is 0.0453 e. The fourth-order valence-corrected chi connectivity index (χ4v) is 0.995. The van der Waals surface area contributed by atoms with E-state index in [1.807, 2.05) is 18.3 Å². The zero-order valence-electron chi connectivity index (χ0n) is 12.1. The minimum atomic E-state index is 0.833. The minimum Gasteiger partial charge on any atom is -0.361 e. The molecule has 0 aliphatic carbocycles. The van der Waals surface area contributed by atoms with E-state index in [0.29, 0.717) is 0 Å². The molecule has 0 unspecified atom stereocenters. The molecular formula is C16H27N. The van der Waals surface area contributed by atoms with Crippen molar-refractivity contribution in [2.75, 3.05) is 0 Å². The lowest BCUT2D eigenvalue weighted by Gasteiger charge is -1.83. The van der Waals surface area contributed by atoms with Gasteiger partial charge in [0.2, 0.25) is 0 Å². The first-order chi connectivity index (χ1) is 7.93. The van der Waals surface area contributed by atoms with Crippen LogP contribution in [0.25, 0.3) is 10.9 Å². The Hall–Kier alpha value is -1.24. The summed E-state index contributed by atoms with van der Waals surface area (Å²) in [5, 5.41) is 1.28. The van der Waals surface area contributed by atoms with Gasteiger partial charge in [0.25, 0.3) is 0 Å². The Morgan fingerprint density at radius 1 is 0.765 bits per heavy atom. The van der Waals surface area contributed by atoms with Crippen molar-refractivity contribution in [3.05, 3.63) is 36.5 Å². The van der Waals surface area contributed by atoms with Crippen LogP contribution in [-0.2, 0) is 0 Å². The molecule has 0 bridgehead atoms. The zero-order chi connectivity index (χ0) is 13.3. The third kappa shape index (κ3) is 9.68. The lowest BCUT2D eigenvalue weighted by molar-refractivity contribution is 0.736. The van der Waals surface area contributed by atoms with E-state index in [1.165, 1.54) is 10.9 Å². The molecule has 0 spiro atoms. The van der Waals surface area contributed by atoms with Crippen LogP contribution in [0.15, 0.2) is 36.5 Å². The fourth-order valence-electron chi connectivity index (χ4n) is 0.995. The molecule has 2 aromatic rings. The number of benzene rings is 1. The van der Waals surface area contributed by atoms with Crippen LogP contribution in [0.5, 0.6) is 0 Å². The van der Waals surface area contributed by atoms with E-state index in [-0.39, 0.29) is 0 Å². The van der Waals surface area contributed by atoms with E-state index in [1.54, 1.807) is 0 Å². The molecule has 1 heterocycles. The lowest BCUT2D eigenvalue weighted by Crippen LogP contribution is -1.66. The maximum absolute atomic E-state index is 3.12. The first-order valence-corrected chi connectivity index (χ1v) is 6.45. The number of aromatic nitrogens is 1. The standard InChI is InChI=1S/C8H7N.2C4H10/c1-2-4-8-7(3-1)5-6-9-8;2*1-4(2)3/h1-6,9H;2*4H,1-3H3. The molecule has 0 aliphatic rings. The van der Waals surface area contributed by atoms with Gasteiger partial charge in [0.15, 0.2) is 0 Å². The fraction of sp³-hybridized carbons (Fsp3) is 0.500. The molecule has 0 saturated heterocycles. The SMILES string of the molecule is CC(C)C.CC(C)C.c1ccc2[nH]ccc2c1. The molecule has 1 heteroatoms. The van der Waals surface area contributed by atoms with Crippen LogP contribution in [-0.4, -0.2) is 4.98 Å². The summed E-state index contributed by atoms with van der Waals surface area (Å²) in [6.45, 7) is 13.0. The Balaban J connectivity index is 0.000000274. The number of aromatic amines is 1. The van der Waals surface area contributed by atoms with Gasteiger partial charge in [0, 0.05) is 11.7 Å². The van der Waals surface area contributed by atoms with Crippen molar-refractivity contribution in [3.8, 4) is 0 Å². The molecule has 0 aliphatic heterocycles. The van der Waals surface area contributed by atoms with E-state index >= 15 is 0 Å². The van der Waals surface area contributed by atoms with Gasteiger partial charge in [-0.05, 0) is 29.4 Å². The molecular weight excluding hydrogens is 206 g/mol. The lowest BCUT2D eigenvalue weighted by atomic mass is 10.3. The van der Waals surface area contributed by atoms with Crippen LogP contribution < -0.4 is 0 Å². The van der Waals surface area contributed by atoms with Crippen molar-refractivity contribution in [2.24, 2.45) is 11.8 Å². The predicted molar refractivity (Wildman–Crippen MR) is 79.3 cm³/mol. The first kappa shape index (κ1) is 15.8. The van der Waals surface area contributed by atoms with Crippen molar-refractivity contribution in [1.82, 2.24) is 4.98 Å². The van der Waals surface area contributed by atoms with Crippen molar-refractivity contribution in [2.45, 2.75) is 41.5 Å². The summed E-state index contributed by atoms with van der Waals surface area (Å²) < 4.78 is 0. The van der Waals surface area contributed by atoms with Crippen LogP contribution in [0.1, 0.15) is 41.5 Å². The molecule has 96 valence electrons. The number of fused-ring (bicyclic) bond motifs is 1. The quantitative estimate of drug-likeness (QED) is 0.619. The normalized spacial score (nSPS) is 9.65. The van der Waals surface area contributed by atoms with E-state index in [2.05, 4.69) is 64.7 Å². The highest BCUT2D eigenvalue weighted by Crippen LogP contribution is 2.09. The minimum absolute atomic E-state index is 0.833. The Kier molecular flexibility index (Phi) is 8.21. The highest BCUT2D eigenvalue weighted by molar-refractivity contribution is 5.78. The molecule has 1 nitrogen and oxygen atoms in total. The molecule has 17 heavy (non-hydrogen) atoms. The number of hydrogen-bond donors (Lipinski definition) is 1. The van der Waals surface area contributed by atoms with Gasteiger partial charge < -0.3 is 4.98 Å². The Morgan fingerprint density at radius 2 is 1.24 bits per heavy atom. The van der Waals surface area contributed by atoms with Crippen LogP contribution in [0.2, 0.25) is 0 Å². The van der Waals surface area contributed by atoms with Crippen LogP contribution in [0, 0.1) is 11.8 Å². The maximum atomic E-state index is 3.12. The molecule has 1 N–H and O–H groups in total. The Morgan fingerprint density at radius 3 is 1.71 bits per heavy atom. The molecule has 1 aromatic carbocycles. The average Bonchev–Trinajstić information content (AvgIpc) is 2.62. The summed E-state index contributed by atoms with van der Waals surface area (Å²) in [6, 6.07) is 10.3. The maximum Gasteiger partial charge on any atom is 0.0453 e. The highest BCUT2D eigenvalue weighted by atomic mass is 14.6. The van der Waals surface area contributed by atoms with Gasteiger partial charge in [-0.15, -0.1) is 0 Å². The molecule has 2 rings (SSSR count). The molecule has 0 atom stereocenters. The first-order valence-electron chi connectivity index (χ1n) is 6.45. The van der Waals surface area contributed by atoms with Gasteiger partial charge in [-0.25, -0.2) is 0 Å². The van der Waals surface area contributed by atoms with Gasteiger partial charge in [-0.3, -0.25) is 0 Å². The van der Waals surface area contributed by atoms with Gasteiger partial charge >= 0.3 is 0 Å².